The molecule has 13 heteroatoms. The van der Waals surface area contributed by atoms with Gasteiger partial charge in [-0.15, -0.1) is 11.3 Å². The lowest BCUT2D eigenvalue weighted by Crippen LogP contribution is -2.30. The van der Waals surface area contributed by atoms with E-state index in [-0.39, 0.29) is 23.3 Å². The molecule has 3 rings (SSSR count). The van der Waals surface area contributed by atoms with E-state index >= 15 is 0 Å². The molecule has 0 bridgehead atoms. The Morgan fingerprint density at radius 3 is 2.24 bits per heavy atom. The molecule has 3 aromatic rings. The van der Waals surface area contributed by atoms with Gasteiger partial charge in [-0.3, -0.25) is 9.78 Å². The summed E-state index contributed by atoms with van der Waals surface area (Å²) >= 11 is 0.508. The van der Waals surface area contributed by atoms with Crippen molar-refractivity contribution in [1.82, 2.24) is 25.3 Å². The largest absolute Gasteiger partial charge is 0.435 e. The number of nitrogens with zero attached hydrogens (tertiary/aromatic N) is 4. The van der Waals surface area contributed by atoms with Crippen LogP contribution in [0.15, 0.2) is 36.8 Å². The Morgan fingerprint density at radius 2 is 1.71 bits per heavy atom. The van der Waals surface area contributed by atoms with Crippen molar-refractivity contribution in [3.05, 3.63) is 58.6 Å². The third-order valence-electron chi connectivity index (χ3n) is 4.67. The van der Waals surface area contributed by atoms with Crippen LogP contribution in [0, 0.1) is 5.92 Å². The summed E-state index contributed by atoms with van der Waals surface area (Å²) in [6, 6.07) is 3.58. The molecule has 1 atom stereocenters. The van der Waals surface area contributed by atoms with Crippen LogP contribution in [0.1, 0.15) is 52.8 Å². The zero-order valence-corrected chi connectivity index (χ0v) is 18.7. The van der Waals surface area contributed by atoms with Crippen molar-refractivity contribution in [2.45, 2.75) is 38.5 Å². The second-order valence-corrected chi connectivity index (χ2v) is 8.78. The summed E-state index contributed by atoms with van der Waals surface area (Å²) in [6.45, 7) is 3.66. The fourth-order valence-corrected chi connectivity index (χ4v) is 4.14. The molecular formula is C21H19F6N5OS. The van der Waals surface area contributed by atoms with Crippen molar-refractivity contribution in [3.63, 3.8) is 0 Å². The van der Waals surface area contributed by atoms with E-state index in [1.807, 2.05) is 13.8 Å². The minimum Gasteiger partial charge on any atom is -0.351 e. The molecule has 0 saturated carbocycles. The van der Waals surface area contributed by atoms with E-state index in [1.54, 1.807) is 0 Å². The quantitative estimate of drug-likeness (QED) is 0.425. The predicted molar refractivity (Wildman–Crippen MR) is 112 cm³/mol. The third kappa shape index (κ3) is 6.27. The number of nitrogens with one attached hydrogen (secondary N) is 1. The van der Waals surface area contributed by atoms with Gasteiger partial charge < -0.3 is 5.32 Å². The number of carbonyl (C=O) groups is 1. The third-order valence-corrected chi connectivity index (χ3v) is 5.72. The molecule has 182 valence electrons. The van der Waals surface area contributed by atoms with Gasteiger partial charge in [0.2, 0.25) is 0 Å². The van der Waals surface area contributed by atoms with E-state index < -0.39 is 40.4 Å². The Morgan fingerprint density at radius 1 is 1.03 bits per heavy atom. The number of carbonyl (C=O) groups excluding carboxylic acids is 1. The number of halogens is 6. The Bertz CT molecular complexity index is 1110. The number of rotatable bonds is 7. The molecule has 34 heavy (non-hydrogen) atoms. The van der Waals surface area contributed by atoms with E-state index in [9.17, 15) is 31.1 Å². The summed E-state index contributed by atoms with van der Waals surface area (Å²) in [5.74, 6) is -1.41. The molecule has 0 aliphatic heterocycles. The molecule has 0 fully saturated rings. The van der Waals surface area contributed by atoms with E-state index in [4.69, 9.17) is 0 Å². The van der Waals surface area contributed by atoms with Crippen LogP contribution in [-0.2, 0) is 12.4 Å². The van der Waals surface area contributed by atoms with Crippen LogP contribution in [0.5, 0.6) is 0 Å². The van der Waals surface area contributed by atoms with Gasteiger partial charge >= 0.3 is 12.4 Å². The maximum atomic E-state index is 13.5. The fraction of sp³-hybridized carbons (Fsp3) is 0.381. The normalized spacial score (nSPS) is 13.2. The molecule has 1 unspecified atom stereocenters. The zero-order chi connectivity index (χ0) is 25.1. The lowest BCUT2D eigenvalue weighted by molar-refractivity contribution is -0.141. The smallest absolute Gasteiger partial charge is 0.351 e. The van der Waals surface area contributed by atoms with Crippen molar-refractivity contribution in [2.24, 2.45) is 5.92 Å². The molecule has 1 N–H and O–H groups in total. The Hall–Kier alpha value is -3.09. The summed E-state index contributed by atoms with van der Waals surface area (Å²) in [5.41, 5.74) is -1.98. The summed E-state index contributed by atoms with van der Waals surface area (Å²) in [7, 11) is 0. The van der Waals surface area contributed by atoms with Gasteiger partial charge in [-0.1, -0.05) is 19.9 Å². The maximum absolute atomic E-state index is 13.5. The van der Waals surface area contributed by atoms with Gasteiger partial charge in [-0.05, 0) is 30.0 Å². The van der Waals surface area contributed by atoms with Crippen LogP contribution in [0.4, 0.5) is 26.3 Å². The maximum Gasteiger partial charge on any atom is 0.435 e. The SMILES string of the molecule is CC(C)CC(CNC(=O)c1sc(-c2ncccn2)nc1C(F)(F)F)c1ccc(C(F)(F)F)nc1. The lowest BCUT2D eigenvalue weighted by Gasteiger charge is -2.20. The van der Waals surface area contributed by atoms with Crippen LogP contribution >= 0.6 is 11.3 Å². The predicted octanol–water partition coefficient (Wildman–Crippen LogP) is 5.59. The second-order valence-electron chi connectivity index (χ2n) is 7.78. The number of hydrogen-bond donors (Lipinski definition) is 1. The monoisotopic (exact) mass is 503 g/mol. The molecule has 0 radical (unpaired) electrons. The highest BCUT2D eigenvalue weighted by atomic mass is 32.1. The Labute approximate surface area is 194 Å². The molecule has 1 amide bonds. The number of alkyl halides is 6. The summed E-state index contributed by atoms with van der Waals surface area (Å²) in [4.78, 5) is 26.8. The average molecular weight is 503 g/mol. The molecule has 3 heterocycles. The molecule has 0 aliphatic rings. The van der Waals surface area contributed by atoms with Gasteiger partial charge in [0.25, 0.3) is 5.91 Å². The van der Waals surface area contributed by atoms with E-state index in [0.717, 1.165) is 12.3 Å². The van der Waals surface area contributed by atoms with Crippen molar-refractivity contribution in [1.29, 1.82) is 0 Å². The molecular weight excluding hydrogens is 484 g/mol. The van der Waals surface area contributed by atoms with Crippen LogP contribution in [0.2, 0.25) is 0 Å². The van der Waals surface area contributed by atoms with Crippen molar-refractivity contribution >= 4 is 17.2 Å². The van der Waals surface area contributed by atoms with Gasteiger partial charge in [0.1, 0.15) is 10.6 Å². The molecule has 0 aromatic carbocycles. The first-order valence-corrected chi connectivity index (χ1v) is 10.8. The summed E-state index contributed by atoms with van der Waals surface area (Å²) in [5, 5.41) is 2.30. The van der Waals surface area contributed by atoms with Gasteiger partial charge in [-0.2, -0.15) is 26.3 Å². The standard InChI is InChI=1S/C21H19F6N5OS/c1-11(2)8-13(12-4-5-14(30-9-12)20(22,23)24)10-31-18(33)15-16(21(25,26)27)32-19(34-15)17-28-6-3-7-29-17/h3-7,9,11,13H,8,10H2,1-2H3,(H,31,33). The highest BCUT2D eigenvalue weighted by molar-refractivity contribution is 7.17. The average Bonchev–Trinajstić information content (AvgIpc) is 3.23. The number of pyridine rings is 1. The Balaban J connectivity index is 1.83. The van der Waals surface area contributed by atoms with Crippen LogP contribution in [0.3, 0.4) is 0 Å². The first-order chi connectivity index (χ1) is 15.9. The van der Waals surface area contributed by atoms with E-state index in [1.165, 1.54) is 24.5 Å². The number of amides is 1. The topological polar surface area (TPSA) is 80.7 Å². The summed E-state index contributed by atoms with van der Waals surface area (Å²) < 4.78 is 79.0. The van der Waals surface area contributed by atoms with E-state index in [2.05, 4.69) is 25.3 Å². The summed E-state index contributed by atoms with van der Waals surface area (Å²) in [6.07, 6.45) is -5.27. The van der Waals surface area contributed by atoms with Crippen molar-refractivity contribution in [3.8, 4) is 10.8 Å². The molecule has 6 nitrogen and oxygen atoms in total. The first kappa shape index (κ1) is 25.5. The zero-order valence-electron chi connectivity index (χ0n) is 17.9. The van der Waals surface area contributed by atoms with Gasteiger partial charge in [0, 0.05) is 31.1 Å². The number of aromatic nitrogens is 4. The fourth-order valence-electron chi connectivity index (χ4n) is 3.19. The van der Waals surface area contributed by atoms with Gasteiger partial charge in [0.15, 0.2) is 16.5 Å². The molecule has 3 aromatic heterocycles. The van der Waals surface area contributed by atoms with E-state index in [0.29, 0.717) is 23.3 Å². The first-order valence-electron chi connectivity index (χ1n) is 10.0. The minimum atomic E-state index is -4.88. The highest BCUT2D eigenvalue weighted by Gasteiger charge is 2.40. The van der Waals surface area contributed by atoms with Gasteiger partial charge in [-0.25, -0.2) is 15.0 Å². The van der Waals surface area contributed by atoms with Crippen LogP contribution in [0.25, 0.3) is 10.8 Å². The van der Waals surface area contributed by atoms with Crippen molar-refractivity contribution < 1.29 is 31.1 Å². The van der Waals surface area contributed by atoms with Crippen LogP contribution in [-0.4, -0.2) is 32.4 Å². The van der Waals surface area contributed by atoms with Crippen molar-refractivity contribution in [2.75, 3.05) is 6.54 Å². The Kier molecular flexibility index (Phi) is 7.54. The second kappa shape index (κ2) is 10.0. The molecule has 0 aliphatic carbocycles. The van der Waals surface area contributed by atoms with Crippen LogP contribution < -0.4 is 5.32 Å². The number of hydrogen-bond acceptors (Lipinski definition) is 6. The number of thiazole rings is 1. The lowest BCUT2D eigenvalue weighted by atomic mass is 9.91. The molecule has 0 saturated heterocycles. The van der Waals surface area contributed by atoms with Gasteiger partial charge in [0.05, 0.1) is 0 Å². The molecule has 0 spiro atoms. The highest BCUT2D eigenvalue weighted by Crippen LogP contribution is 2.37. The minimum absolute atomic E-state index is 0.0504.